The fourth-order valence-corrected chi connectivity index (χ4v) is 3.71. The molecule has 1 atom stereocenters. The Morgan fingerprint density at radius 1 is 1.38 bits per heavy atom. The first-order valence-electron chi connectivity index (χ1n) is 8.04. The lowest BCUT2D eigenvalue weighted by molar-refractivity contribution is -0.407. The monoisotopic (exact) mass is 371 g/mol. The zero-order chi connectivity index (χ0) is 18.8. The van der Waals surface area contributed by atoms with Crippen LogP contribution in [0.4, 0.5) is 10.5 Å². The van der Waals surface area contributed by atoms with E-state index in [9.17, 15) is 14.4 Å². The van der Waals surface area contributed by atoms with Crippen molar-refractivity contribution in [2.75, 3.05) is 25.2 Å². The number of rotatable bonds is 4. The molecule has 0 aromatic heterocycles. The summed E-state index contributed by atoms with van der Waals surface area (Å²) >= 11 is 1.28. The molecule has 8 heteroatoms. The Morgan fingerprint density at radius 2 is 2.15 bits per heavy atom. The molecule has 4 amide bonds. The van der Waals surface area contributed by atoms with Gasteiger partial charge in [0.15, 0.2) is 5.92 Å². The average molecular weight is 371 g/mol. The fourth-order valence-electron chi connectivity index (χ4n) is 2.81. The Hall–Kier alpha value is -2.74. The van der Waals surface area contributed by atoms with Crippen molar-refractivity contribution >= 4 is 47.3 Å². The van der Waals surface area contributed by atoms with Gasteiger partial charge in [0.05, 0.1) is 19.8 Å². The van der Waals surface area contributed by atoms with E-state index in [1.807, 2.05) is 31.2 Å². The minimum atomic E-state index is -0.649. The summed E-state index contributed by atoms with van der Waals surface area (Å²) in [5.41, 5.74) is 1.80. The quantitative estimate of drug-likeness (QED) is 0.820. The van der Waals surface area contributed by atoms with Gasteiger partial charge >= 0.3 is 11.9 Å². The largest absolute Gasteiger partial charge is 0.445 e. The van der Waals surface area contributed by atoms with E-state index in [0.29, 0.717) is 10.7 Å². The van der Waals surface area contributed by atoms with Gasteiger partial charge in [0.25, 0.3) is 5.84 Å². The molecule has 2 aliphatic heterocycles. The molecule has 2 aliphatic rings. The number of imide groups is 1. The number of nitrogens with zero attached hydrogens (tertiary/aromatic N) is 3. The van der Waals surface area contributed by atoms with Gasteiger partial charge in [-0.2, -0.15) is 9.48 Å². The van der Waals surface area contributed by atoms with Gasteiger partial charge in [0.2, 0.25) is 5.91 Å². The molecule has 0 radical (unpaired) electrons. The summed E-state index contributed by atoms with van der Waals surface area (Å²) in [6.45, 7) is 1.96. The molecule has 0 saturated heterocycles. The molecule has 0 aliphatic carbocycles. The first-order valence-corrected chi connectivity index (χ1v) is 9.02. The highest BCUT2D eigenvalue weighted by Crippen LogP contribution is 2.31. The second-order valence-corrected chi connectivity index (χ2v) is 7.13. The fraction of sp³-hybridized carbons (Fsp3) is 0.278. The number of carbonyl (C=O) groups excluding carboxylic acids is 3. The van der Waals surface area contributed by atoms with Gasteiger partial charge < -0.3 is 5.32 Å². The number of hydrogen-bond donors (Lipinski definition) is 1. The van der Waals surface area contributed by atoms with Crippen LogP contribution in [-0.4, -0.2) is 59.2 Å². The number of benzene rings is 1. The number of thioether (sulfide) groups is 1. The van der Waals surface area contributed by atoms with Gasteiger partial charge in [0.1, 0.15) is 6.21 Å². The highest BCUT2D eigenvalue weighted by Gasteiger charge is 2.47. The van der Waals surface area contributed by atoms with Crippen molar-refractivity contribution in [2.45, 2.75) is 6.92 Å². The summed E-state index contributed by atoms with van der Waals surface area (Å²) in [6.07, 6.45) is 3.27. The summed E-state index contributed by atoms with van der Waals surface area (Å²) in [4.78, 5) is 42.8. The molecule has 2 heterocycles. The lowest BCUT2D eigenvalue weighted by Crippen LogP contribution is -2.52. The summed E-state index contributed by atoms with van der Waals surface area (Å²) in [7, 11) is 3.03. The highest BCUT2D eigenvalue weighted by molar-refractivity contribution is 8.03. The van der Waals surface area contributed by atoms with Crippen LogP contribution in [0, 0.1) is 12.8 Å². The standard InChI is InChI=1S/C18H18N4O3S/c1-11-5-4-6-12(9-11)20-14(23)10-26-13-7-8-19-16-15(13)17(24)22(3)18(25)21(16)2/h4-9,15H,10H2,1-3H3/p+1. The number of amides is 4. The number of dihydropyridines is 1. The number of urea groups is 1. The Balaban J connectivity index is 1.71. The van der Waals surface area contributed by atoms with Crippen molar-refractivity contribution in [3.63, 3.8) is 0 Å². The first-order chi connectivity index (χ1) is 12.4. The normalized spacial score (nSPS) is 19.4. The zero-order valence-corrected chi connectivity index (χ0v) is 15.5. The predicted octanol–water partition coefficient (Wildman–Crippen LogP) is 1.88. The van der Waals surface area contributed by atoms with Gasteiger partial charge in [0, 0.05) is 10.6 Å². The van der Waals surface area contributed by atoms with Crippen LogP contribution in [0.5, 0.6) is 0 Å². The van der Waals surface area contributed by atoms with Crippen LogP contribution >= 0.6 is 11.8 Å². The third-order valence-electron chi connectivity index (χ3n) is 4.16. The Morgan fingerprint density at radius 3 is 2.88 bits per heavy atom. The van der Waals surface area contributed by atoms with E-state index in [4.69, 9.17) is 0 Å². The summed E-state index contributed by atoms with van der Waals surface area (Å²) in [5.74, 6) is -0.595. The molecule has 1 aromatic rings. The van der Waals surface area contributed by atoms with Crippen LogP contribution in [0.25, 0.3) is 0 Å². The van der Waals surface area contributed by atoms with Crippen molar-refractivity contribution in [2.24, 2.45) is 10.9 Å². The van der Waals surface area contributed by atoms with Gasteiger partial charge in [-0.25, -0.2) is 4.79 Å². The van der Waals surface area contributed by atoms with Crippen molar-refractivity contribution in [3.05, 3.63) is 40.8 Å². The molecular formula is C18H19N4O3S+. The second kappa shape index (κ2) is 7.25. The van der Waals surface area contributed by atoms with Gasteiger partial charge in [-0.1, -0.05) is 12.1 Å². The van der Waals surface area contributed by atoms with Crippen LogP contribution in [0.1, 0.15) is 5.56 Å². The van der Waals surface area contributed by atoms with Crippen molar-refractivity contribution in [1.29, 1.82) is 0 Å². The summed E-state index contributed by atoms with van der Waals surface area (Å²) in [6, 6.07) is 7.14. The van der Waals surface area contributed by atoms with Gasteiger partial charge in [-0.3, -0.25) is 9.59 Å². The van der Waals surface area contributed by atoms with Gasteiger partial charge in [-0.15, -0.1) is 16.8 Å². The first kappa shape index (κ1) is 18.1. The number of carbonyl (C=O) groups is 3. The molecule has 0 bridgehead atoms. The number of amidine groups is 1. The van der Waals surface area contributed by atoms with Crippen LogP contribution in [-0.2, 0) is 9.59 Å². The topological polar surface area (TPSA) is 81.8 Å². The third kappa shape index (κ3) is 3.45. The van der Waals surface area contributed by atoms with Crippen molar-refractivity contribution < 1.29 is 19.0 Å². The third-order valence-corrected chi connectivity index (χ3v) is 5.27. The number of hydrogen-bond acceptors (Lipinski definition) is 5. The average Bonchev–Trinajstić information content (AvgIpc) is 2.62. The Bertz CT molecular complexity index is 888. The lowest BCUT2D eigenvalue weighted by atomic mass is 10.0. The van der Waals surface area contributed by atoms with Crippen LogP contribution < -0.4 is 5.32 Å². The van der Waals surface area contributed by atoms with E-state index in [1.165, 1.54) is 23.4 Å². The maximum atomic E-state index is 12.5. The van der Waals surface area contributed by atoms with Gasteiger partial charge in [-0.05, 0) is 30.7 Å². The minimum Gasteiger partial charge on any atom is -0.325 e. The molecule has 3 rings (SSSR count). The molecule has 134 valence electrons. The van der Waals surface area contributed by atoms with E-state index in [-0.39, 0.29) is 17.6 Å². The Labute approximate surface area is 155 Å². The number of allylic oxidation sites excluding steroid dienone is 1. The predicted molar refractivity (Wildman–Crippen MR) is 102 cm³/mol. The maximum Gasteiger partial charge on any atom is 0.445 e. The Kier molecular flexibility index (Phi) is 5.03. The van der Waals surface area contributed by atoms with Crippen LogP contribution in [0.3, 0.4) is 0 Å². The molecule has 7 nitrogen and oxygen atoms in total. The molecule has 0 spiro atoms. The van der Waals surface area contributed by atoms with E-state index in [0.717, 1.165) is 16.2 Å². The molecule has 0 saturated carbocycles. The zero-order valence-electron chi connectivity index (χ0n) is 14.7. The van der Waals surface area contributed by atoms with Crippen LogP contribution in [0.2, 0.25) is 0 Å². The lowest BCUT2D eigenvalue weighted by Gasteiger charge is -2.26. The molecule has 0 fully saturated rings. The van der Waals surface area contributed by atoms with E-state index < -0.39 is 11.9 Å². The van der Waals surface area contributed by atoms with Crippen molar-refractivity contribution in [3.8, 4) is 0 Å². The SMILES string of the molecule is Cc1cccc(NC(=O)CSC2=CC=NC3=[N+](C)C(=O)N(C)C(=O)C23)c1. The highest BCUT2D eigenvalue weighted by atomic mass is 32.2. The number of anilines is 1. The van der Waals surface area contributed by atoms with E-state index in [2.05, 4.69) is 10.3 Å². The van der Waals surface area contributed by atoms with Crippen molar-refractivity contribution in [1.82, 2.24) is 4.90 Å². The molecule has 26 heavy (non-hydrogen) atoms. The van der Waals surface area contributed by atoms with Crippen LogP contribution in [0.15, 0.2) is 40.2 Å². The number of aryl methyl sites for hydroxylation is 1. The van der Waals surface area contributed by atoms with E-state index >= 15 is 0 Å². The molecule has 1 N–H and O–H groups in total. The number of nitrogens with one attached hydrogen (secondary N) is 1. The number of fused-ring (bicyclic) bond motifs is 1. The maximum absolute atomic E-state index is 12.5. The summed E-state index contributed by atoms with van der Waals surface area (Å²) < 4.78 is 1.36. The molecule has 1 unspecified atom stereocenters. The summed E-state index contributed by atoms with van der Waals surface area (Å²) in [5, 5.41) is 2.84. The molecule has 1 aromatic carbocycles. The van der Waals surface area contributed by atoms with E-state index in [1.54, 1.807) is 19.3 Å². The second-order valence-electron chi connectivity index (χ2n) is 6.08. The smallest absolute Gasteiger partial charge is 0.325 e. The minimum absolute atomic E-state index is 0.159. The molecular weight excluding hydrogens is 352 g/mol. The number of aliphatic imine (C=N–C) groups is 1.